The molecule has 1 aliphatic rings. The van der Waals surface area contributed by atoms with E-state index in [1.165, 1.54) is 0 Å². The van der Waals surface area contributed by atoms with Gasteiger partial charge in [0.05, 0.1) is 30.5 Å². The molecule has 2 N–H and O–H groups in total. The van der Waals surface area contributed by atoms with Crippen molar-refractivity contribution >= 4 is 27.4 Å². The van der Waals surface area contributed by atoms with Crippen molar-refractivity contribution in [3.05, 3.63) is 53.7 Å². The second-order valence-electron chi connectivity index (χ2n) is 7.27. The molecule has 0 bridgehead atoms. The molecule has 1 saturated heterocycles. The van der Waals surface area contributed by atoms with Gasteiger partial charge in [0, 0.05) is 37.2 Å². The van der Waals surface area contributed by atoms with Crippen LogP contribution in [0.3, 0.4) is 0 Å². The van der Waals surface area contributed by atoms with Crippen LogP contribution >= 0.6 is 15.9 Å². The molecule has 10 heteroatoms. The number of H-pyrrole nitrogens is 1. The van der Waals surface area contributed by atoms with Crippen molar-refractivity contribution in [1.29, 1.82) is 0 Å². The first-order chi connectivity index (χ1) is 14.1. The Hall–Kier alpha value is -2.85. The van der Waals surface area contributed by atoms with Crippen molar-refractivity contribution in [3.8, 4) is 11.5 Å². The Morgan fingerprint density at radius 2 is 2.03 bits per heavy atom. The lowest BCUT2D eigenvalue weighted by molar-refractivity contribution is 0.328. The van der Waals surface area contributed by atoms with Gasteiger partial charge >= 0.3 is 0 Å². The molecule has 29 heavy (non-hydrogen) atoms. The molecular weight excluding hydrogens is 434 g/mol. The van der Waals surface area contributed by atoms with Crippen LogP contribution in [-0.2, 0) is 0 Å². The maximum atomic E-state index is 4.88. The molecule has 148 valence electrons. The zero-order valence-corrected chi connectivity index (χ0v) is 17.6. The number of hydrogen-bond donors (Lipinski definition) is 2. The predicted molar refractivity (Wildman–Crippen MR) is 112 cm³/mol. The third kappa shape index (κ3) is 3.28. The van der Waals surface area contributed by atoms with Gasteiger partial charge in [-0.2, -0.15) is 0 Å². The maximum Gasteiger partial charge on any atom is 0.180 e. The van der Waals surface area contributed by atoms with Crippen LogP contribution in [0.5, 0.6) is 0 Å². The van der Waals surface area contributed by atoms with E-state index in [1.807, 2.05) is 22.9 Å². The molecule has 4 aromatic heterocycles. The van der Waals surface area contributed by atoms with Crippen LogP contribution in [0.15, 0.2) is 48.0 Å². The number of fused-ring (bicyclic) bond motifs is 1. The van der Waals surface area contributed by atoms with Gasteiger partial charge in [-0.1, -0.05) is 0 Å². The average molecular weight is 454 g/mol. The highest BCUT2D eigenvalue weighted by atomic mass is 79.9. The summed E-state index contributed by atoms with van der Waals surface area (Å²) < 4.78 is 2.67. The summed E-state index contributed by atoms with van der Waals surface area (Å²) in [4.78, 5) is 27.8. The van der Waals surface area contributed by atoms with E-state index in [4.69, 9.17) is 4.98 Å². The number of hydrogen-bond acceptors (Lipinski definition) is 7. The fourth-order valence-electron chi connectivity index (χ4n) is 3.89. The van der Waals surface area contributed by atoms with Gasteiger partial charge in [-0.25, -0.2) is 24.9 Å². The number of piperazine rings is 1. The van der Waals surface area contributed by atoms with Gasteiger partial charge in [0.2, 0.25) is 0 Å². The Kier molecular flexibility index (Phi) is 4.51. The predicted octanol–water partition coefficient (Wildman–Crippen LogP) is 2.60. The number of anilines is 1. The zero-order valence-electron chi connectivity index (χ0n) is 16.0. The molecule has 4 aromatic rings. The largest absolute Gasteiger partial charge is 0.350 e. The number of rotatable bonds is 3. The molecule has 0 aliphatic carbocycles. The van der Waals surface area contributed by atoms with Gasteiger partial charge in [-0.3, -0.25) is 4.40 Å². The first-order valence-corrected chi connectivity index (χ1v) is 10.2. The number of nitrogens with one attached hydrogen (secondary N) is 2. The van der Waals surface area contributed by atoms with Crippen LogP contribution in [0.1, 0.15) is 25.6 Å². The SMILES string of the molecule is CC1CN(c2ccnc(-c3cnc4cnc(Br)cn34)n2)C(C)C(c2cnc[nH]2)N1. The number of halogens is 1. The molecule has 0 saturated carbocycles. The highest BCUT2D eigenvalue weighted by Gasteiger charge is 2.33. The summed E-state index contributed by atoms with van der Waals surface area (Å²) in [7, 11) is 0. The molecule has 0 radical (unpaired) electrons. The van der Waals surface area contributed by atoms with Crippen molar-refractivity contribution in [1.82, 2.24) is 39.6 Å². The third-order valence-electron chi connectivity index (χ3n) is 5.29. The molecule has 3 unspecified atom stereocenters. The van der Waals surface area contributed by atoms with Crippen LogP contribution in [0.2, 0.25) is 0 Å². The molecule has 5 rings (SSSR count). The highest BCUT2D eigenvalue weighted by molar-refractivity contribution is 9.10. The van der Waals surface area contributed by atoms with Gasteiger partial charge in [-0.15, -0.1) is 0 Å². The first kappa shape index (κ1) is 18.2. The van der Waals surface area contributed by atoms with E-state index in [0.29, 0.717) is 11.9 Å². The minimum absolute atomic E-state index is 0.137. The minimum Gasteiger partial charge on any atom is -0.350 e. The standard InChI is InChI=1S/C19H20BrN9/c1-11-8-28(12(2)18(26-11)13-5-21-10-25-13)16-3-4-22-19(27-16)14-6-24-17-7-23-15(20)9-29(14)17/h3-7,9-12,18,26H,8H2,1-2H3,(H,21,25). The van der Waals surface area contributed by atoms with Crippen molar-refractivity contribution < 1.29 is 0 Å². The summed E-state index contributed by atoms with van der Waals surface area (Å²) in [5, 5.41) is 3.66. The Labute approximate surface area is 175 Å². The summed E-state index contributed by atoms with van der Waals surface area (Å²) >= 11 is 3.42. The van der Waals surface area contributed by atoms with Gasteiger partial charge < -0.3 is 15.2 Å². The van der Waals surface area contributed by atoms with Crippen molar-refractivity contribution in [3.63, 3.8) is 0 Å². The molecule has 1 fully saturated rings. The quantitative estimate of drug-likeness (QED) is 0.491. The normalized spacial score (nSPS) is 22.3. The summed E-state index contributed by atoms with van der Waals surface area (Å²) in [6.45, 7) is 5.23. The summed E-state index contributed by atoms with van der Waals surface area (Å²) in [5.74, 6) is 1.52. The maximum absolute atomic E-state index is 4.88. The fourth-order valence-corrected chi connectivity index (χ4v) is 4.20. The number of aromatic nitrogens is 7. The summed E-state index contributed by atoms with van der Waals surface area (Å²) in [6.07, 6.45) is 10.8. The van der Waals surface area contributed by atoms with Gasteiger partial charge in [-0.05, 0) is 35.8 Å². The molecule has 1 aliphatic heterocycles. The van der Waals surface area contributed by atoms with Crippen molar-refractivity contribution in [2.45, 2.75) is 32.0 Å². The van der Waals surface area contributed by atoms with Crippen LogP contribution in [-0.4, -0.2) is 52.9 Å². The van der Waals surface area contributed by atoms with Crippen molar-refractivity contribution in [2.24, 2.45) is 0 Å². The van der Waals surface area contributed by atoms with E-state index in [2.05, 4.69) is 64.9 Å². The number of aromatic amines is 1. The molecule has 0 aromatic carbocycles. The lowest BCUT2D eigenvalue weighted by atomic mass is 9.99. The highest BCUT2D eigenvalue weighted by Crippen LogP contribution is 2.29. The van der Waals surface area contributed by atoms with E-state index in [-0.39, 0.29) is 12.1 Å². The topological polar surface area (TPSA) is 99.9 Å². The van der Waals surface area contributed by atoms with E-state index < -0.39 is 0 Å². The Balaban J connectivity index is 1.52. The first-order valence-electron chi connectivity index (χ1n) is 9.43. The molecule has 9 nitrogen and oxygen atoms in total. The monoisotopic (exact) mass is 453 g/mol. The van der Waals surface area contributed by atoms with Crippen LogP contribution in [0.25, 0.3) is 17.2 Å². The second kappa shape index (κ2) is 7.20. The van der Waals surface area contributed by atoms with Crippen molar-refractivity contribution in [2.75, 3.05) is 11.4 Å². The van der Waals surface area contributed by atoms with E-state index in [9.17, 15) is 0 Å². The molecule has 3 atom stereocenters. The minimum atomic E-state index is 0.137. The summed E-state index contributed by atoms with van der Waals surface area (Å²) in [6, 6.07) is 2.59. The molecule has 0 spiro atoms. The Morgan fingerprint density at radius 1 is 1.14 bits per heavy atom. The molecule has 0 amide bonds. The van der Waals surface area contributed by atoms with E-state index >= 15 is 0 Å². The second-order valence-corrected chi connectivity index (χ2v) is 8.08. The lowest BCUT2D eigenvalue weighted by Crippen LogP contribution is -2.56. The van der Waals surface area contributed by atoms with Crippen LogP contribution < -0.4 is 10.2 Å². The Bertz CT molecular complexity index is 1140. The van der Waals surface area contributed by atoms with E-state index in [0.717, 1.165) is 34.0 Å². The van der Waals surface area contributed by atoms with Gasteiger partial charge in [0.1, 0.15) is 16.1 Å². The Morgan fingerprint density at radius 3 is 2.86 bits per heavy atom. The summed E-state index contributed by atoms with van der Waals surface area (Å²) in [5.41, 5.74) is 2.65. The third-order valence-corrected chi connectivity index (χ3v) is 5.70. The van der Waals surface area contributed by atoms with E-state index in [1.54, 1.807) is 24.9 Å². The molecular formula is C19H20BrN9. The smallest absolute Gasteiger partial charge is 0.180 e. The molecule has 5 heterocycles. The average Bonchev–Trinajstić information content (AvgIpc) is 3.39. The van der Waals surface area contributed by atoms with Crippen LogP contribution in [0, 0.1) is 0 Å². The van der Waals surface area contributed by atoms with Gasteiger partial charge in [0.25, 0.3) is 0 Å². The van der Waals surface area contributed by atoms with Crippen LogP contribution in [0.4, 0.5) is 5.82 Å². The van der Waals surface area contributed by atoms with Gasteiger partial charge in [0.15, 0.2) is 11.5 Å². The zero-order chi connectivity index (χ0) is 20.0. The number of imidazole rings is 2. The number of nitrogens with zero attached hydrogens (tertiary/aromatic N) is 7. The fraction of sp³-hybridized carbons (Fsp3) is 0.316. The lowest BCUT2D eigenvalue weighted by Gasteiger charge is -2.43.